The molecule has 2 nitrogen and oxygen atoms in total. The van der Waals surface area contributed by atoms with E-state index in [1.165, 1.54) is 19.1 Å². The number of carbonyl (C=O) groups is 1. The van der Waals surface area contributed by atoms with Crippen LogP contribution in [0.5, 0.6) is 0 Å². The van der Waals surface area contributed by atoms with Crippen molar-refractivity contribution in [1.82, 2.24) is 0 Å². The largest absolute Gasteiger partial charge is 0.416 e. The fraction of sp³-hybridized carbons (Fsp3) is 0.333. The van der Waals surface area contributed by atoms with E-state index in [4.69, 9.17) is 5.26 Å². The number of nitriles is 1. The molecule has 1 atom stereocenters. The van der Waals surface area contributed by atoms with E-state index < -0.39 is 17.7 Å². The van der Waals surface area contributed by atoms with E-state index in [0.717, 1.165) is 12.1 Å². The number of alkyl halides is 3. The molecule has 17 heavy (non-hydrogen) atoms. The van der Waals surface area contributed by atoms with E-state index in [1.54, 1.807) is 0 Å². The summed E-state index contributed by atoms with van der Waals surface area (Å²) in [5.74, 6) is -0.855. The Morgan fingerprint density at radius 2 is 1.88 bits per heavy atom. The van der Waals surface area contributed by atoms with E-state index >= 15 is 0 Å². The van der Waals surface area contributed by atoms with Gasteiger partial charge in [0.05, 0.1) is 17.6 Å². The van der Waals surface area contributed by atoms with E-state index in [2.05, 4.69) is 0 Å². The highest BCUT2D eigenvalue weighted by Crippen LogP contribution is 2.30. The van der Waals surface area contributed by atoms with Crippen LogP contribution < -0.4 is 0 Å². The number of hydrogen-bond acceptors (Lipinski definition) is 2. The van der Waals surface area contributed by atoms with Gasteiger partial charge in [0.1, 0.15) is 5.78 Å². The molecule has 1 aromatic rings. The van der Waals surface area contributed by atoms with Gasteiger partial charge in [0.2, 0.25) is 0 Å². The first kappa shape index (κ1) is 13.2. The van der Waals surface area contributed by atoms with Gasteiger partial charge in [-0.25, -0.2) is 0 Å². The zero-order valence-electron chi connectivity index (χ0n) is 9.08. The summed E-state index contributed by atoms with van der Waals surface area (Å²) in [5.41, 5.74) is -0.337. The van der Waals surface area contributed by atoms with Gasteiger partial charge in [-0.15, -0.1) is 0 Å². The fourth-order valence-electron chi connectivity index (χ4n) is 1.43. The predicted octanol–water partition coefficient (Wildman–Crippen LogP) is 3.29. The van der Waals surface area contributed by atoms with Gasteiger partial charge in [-0.1, -0.05) is 12.1 Å². The molecule has 0 aliphatic rings. The van der Waals surface area contributed by atoms with Crippen LogP contribution in [0.25, 0.3) is 0 Å². The second kappa shape index (κ2) is 5.00. The molecule has 0 aliphatic heterocycles. The van der Waals surface area contributed by atoms with Gasteiger partial charge in [-0.3, -0.25) is 4.79 Å². The van der Waals surface area contributed by atoms with Crippen LogP contribution in [0.2, 0.25) is 0 Å². The van der Waals surface area contributed by atoms with E-state index in [-0.39, 0.29) is 12.2 Å². The molecule has 0 fully saturated rings. The lowest BCUT2D eigenvalue weighted by Crippen LogP contribution is -2.06. The lowest BCUT2D eigenvalue weighted by Gasteiger charge is -2.10. The first-order valence-corrected chi connectivity index (χ1v) is 4.91. The van der Waals surface area contributed by atoms with Gasteiger partial charge in [0.15, 0.2) is 0 Å². The molecular weight excluding hydrogens is 231 g/mol. The molecule has 0 aromatic heterocycles. The SMILES string of the molecule is CC(=O)CC(C#N)c1ccc(C(F)(F)F)cc1. The molecule has 0 amide bonds. The van der Waals surface area contributed by atoms with Crippen LogP contribution in [0.4, 0.5) is 13.2 Å². The Morgan fingerprint density at radius 3 is 2.24 bits per heavy atom. The minimum Gasteiger partial charge on any atom is -0.300 e. The third-order valence-electron chi connectivity index (χ3n) is 2.29. The zero-order chi connectivity index (χ0) is 13.1. The monoisotopic (exact) mass is 241 g/mol. The van der Waals surface area contributed by atoms with Crippen LogP contribution in [-0.2, 0) is 11.0 Å². The Balaban J connectivity index is 2.94. The van der Waals surface area contributed by atoms with Crippen molar-refractivity contribution in [3.05, 3.63) is 35.4 Å². The lowest BCUT2D eigenvalue weighted by atomic mass is 9.95. The van der Waals surface area contributed by atoms with Crippen LogP contribution in [-0.4, -0.2) is 5.78 Å². The maximum Gasteiger partial charge on any atom is 0.416 e. The van der Waals surface area contributed by atoms with Crippen LogP contribution >= 0.6 is 0 Å². The van der Waals surface area contributed by atoms with Crippen molar-refractivity contribution in [2.45, 2.75) is 25.4 Å². The minimum atomic E-state index is -4.39. The third kappa shape index (κ3) is 3.59. The van der Waals surface area contributed by atoms with Crippen molar-refractivity contribution in [3.8, 4) is 6.07 Å². The Labute approximate surface area is 96.7 Å². The van der Waals surface area contributed by atoms with Crippen molar-refractivity contribution < 1.29 is 18.0 Å². The predicted molar refractivity (Wildman–Crippen MR) is 55.1 cm³/mol. The van der Waals surface area contributed by atoms with E-state index in [0.29, 0.717) is 5.56 Å². The third-order valence-corrected chi connectivity index (χ3v) is 2.29. The fourth-order valence-corrected chi connectivity index (χ4v) is 1.43. The normalized spacial score (nSPS) is 12.9. The Kier molecular flexibility index (Phi) is 3.89. The molecule has 0 N–H and O–H groups in total. The highest BCUT2D eigenvalue weighted by Gasteiger charge is 2.30. The maximum absolute atomic E-state index is 12.3. The molecule has 0 aliphatic carbocycles. The Morgan fingerprint density at radius 1 is 1.35 bits per heavy atom. The molecule has 1 unspecified atom stereocenters. The van der Waals surface area contributed by atoms with Gasteiger partial charge >= 0.3 is 6.18 Å². The molecule has 1 rings (SSSR count). The van der Waals surface area contributed by atoms with Crippen LogP contribution in [0.1, 0.15) is 30.4 Å². The van der Waals surface area contributed by atoms with E-state index in [9.17, 15) is 18.0 Å². The highest BCUT2D eigenvalue weighted by atomic mass is 19.4. The van der Waals surface area contributed by atoms with Crippen LogP contribution in [0, 0.1) is 11.3 Å². The first-order valence-electron chi connectivity index (χ1n) is 4.91. The molecule has 90 valence electrons. The Bertz CT molecular complexity index is 442. The second-order valence-corrected chi connectivity index (χ2v) is 3.71. The number of halogens is 3. The van der Waals surface area contributed by atoms with Crippen molar-refractivity contribution in [2.24, 2.45) is 0 Å². The zero-order valence-corrected chi connectivity index (χ0v) is 9.08. The quantitative estimate of drug-likeness (QED) is 0.814. The number of ketones is 1. The average Bonchev–Trinajstić information content (AvgIpc) is 2.24. The number of carbonyl (C=O) groups excluding carboxylic acids is 1. The van der Waals surface area contributed by atoms with Crippen molar-refractivity contribution >= 4 is 5.78 Å². The molecule has 1 aromatic carbocycles. The maximum atomic E-state index is 12.3. The summed E-state index contributed by atoms with van der Waals surface area (Å²) >= 11 is 0. The molecule has 0 radical (unpaired) electrons. The minimum absolute atomic E-state index is 0.0157. The Hall–Kier alpha value is -1.83. The summed E-state index contributed by atoms with van der Waals surface area (Å²) in [6.45, 7) is 1.34. The second-order valence-electron chi connectivity index (χ2n) is 3.71. The number of Topliss-reactive ketones (excluding diaryl/α,β-unsaturated/α-hetero) is 1. The smallest absolute Gasteiger partial charge is 0.300 e. The average molecular weight is 241 g/mol. The molecule has 5 heteroatoms. The standard InChI is InChI=1S/C12H10F3NO/c1-8(17)6-10(7-16)9-2-4-11(5-3-9)12(13,14)15/h2-5,10H,6H2,1H3. The van der Waals surface area contributed by atoms with Crippen molar-refractivity contribution in [1.29, 1.82) is 5.26 Å². The summed E-state index contributed by atoms with van der Waals surface area (Å²) in [6.07, 6.45) is -4.37. The molecule has 0 heterocycles. The van der Waals surface area contributed by atoms with Crippen LogP contribution in [0.15, 0.2) is 24.3 Å². The lowest BCUT2D eigenvalue weighted by molar-refractivity contribution is -0.137. The highest BCUT2D eigenvalue weighted by molar-refractivity contribution is 5.76. The van der Waals surface area contributed by atoms with Gasteiger partial charge < -0.3 is 0 Å². The molecule has 0 spiro atoms. The molecular formula is C12H10F3NO. The summed E-state index contributed by atoms with van der Waals surface area (Å²) in [5, 5.41) is 8.83. The van der Waals surface area contributed by atoms with Crippen molar-refractivity contribution in [2.75, 3.05) is 0 Å². The summed E-state index contributed by atoms with van der Waals surface area (Å²) < 4.78 is 36.9. The van der Waals surface area contributed by atoms with E-state index in [1.807, 2.05) is 6.07 Å². The first-order chi connectivity index (χ1) is 7.84. The van der Waals surface area contributed by atoms with Gasteiger partial charge in [-0.2, -0.15) is 18.4 Å². The number of benzene rings is 1. The molecule has 0 bridgehead atoms. The number of hydrogen-bond donors (Lipinski definition) is 0. The number of rotatable bonds is 3. The summed E-state index contributed by atoms with van der Waals surface area (Å²) in [4.78, 5) is 10.9. The van der Waals surface area contributed by atoms with Gasteiger partial charge in [0.25, 0.3) is 0 Å². The summed E-state index contributed by atoms with van der Waals surface area (Å²) in [7, 11) is 0. The number of nitrogens with zero attached hydrogens (tertiary/aromatic N) is 1. The van der Waals surface area contributed by atoms with Gasteiger partial charge in [-0.05, 0) is 24.6 Å². The van der Waals surface area contributed by atoms with Gasteiger partial charge in [0, 0.05) is 6.42 Å². The van der Waals surface area contributed by atoms with Crippen LogP contribution in [0.3, 0.4) is 0 Å². The molecule has 0 saturated heterocycles. The van der Waals surface area contributed by atoms with Crippen molar-refractivity contribution in [3.63, 3.8) is 0 Å². The topological polar surface area (TPSA) is 40.9 Å². The summed E-state index contributed by atoms with van der Waals surface area (Å²) in [6, 6.07) is 6.21. The molecule has 0 saturated carbocycles.